The minimum atomic E-state index is -0.423. The van der Waals surface area contributed by atoms with Crippen molar-refractivity contribution in [1.82, 2.24) is 24.1 Å². The second-order valence-corrected chi connectivity index (χ2v) is 5.93. The summed E-state index contributed by atoms with van der Waals surface area (Å²) in [7, 11) is 0. The lowest BCUT2D eigenvalue weighted by molar-refractivity contribution is -0.389. The van der Waals surface area contributed by atoms with Gasteiger partial charge in [-0.1, -0.05) is 25.2 Å². The van der Waals surface area contributed by atoms with Crippen molar-refractivity contribution >= 4 is 27.9 Å². The number of fused-ring (bicyclic) bond motifs is 1. The number of hydrogen-bond donors (Lipinski definition) is 1. The van der Waals surface area contributed by atoms with Crippen LogP contribution in [0.1, 0.15) is 25.6 Å². The fraction of sp³-hybridized carbons (Fsp3) is 0.417. The molecule has 0 atom stereocenters. The van der Waals surface area contributed by atoms with E-state index in [4.69, 9.17) is 0 Å². The third kappa shape index (κ3) is 2.52. The third-order valence-corrected chi connectivity index (χ3v) is 3.97. The van der Waals surface area contributed by atoms with Crippen molar-refractivity contribution in [2.24, 2.45) is 0 Å². The minimum absolute atomic E-state index is 0.0379. The Hall–Kier alpha value is -2.49. The lowest BCUT2D eigenvalue weighted by atomic mass is 10.2. The first-order valence-electron chi connectivity index (χ1n) is 6.79. The lowest BCUT2D eigenvalue weighted by Crippen LogP contribution is -2.14. The summed E-state index contributed by atoms with van der Waals surface area (Å²) in [6.45, 7) is 5.21. The average Bonchev–Trinajstić information content (AvgIpc) is 3.11. The summed E-state index contributed by atoms with van der Waals surface area (Å²) in [5, 5.41) is 24.0. The summed E-state index contributed by atoms with van der Waals surface area (Å²) in [4.78, 5) is 15.6. The van der Waals surface area contributed by atoms with E-state index in [1.807, 2.05) is 18.4 Å². The van der Waals surface area contributed by atoms with E-state index < -0.39 is 4.92 Å². The Balaban J connectivity index is 1.74. The highest BCUT2D eigenvalue weighted by atomic mass is 32.1. The Bertz CT molecular complexity index is 803. The molecule has 3 aromatic rings. The molecule has 0 unspecified atom stereocenters. The van der Waals surface area contributed by atoms with Crippen LogP contribution in [-0.2, 0) is 6.54 Å². The zero-order valence-corrected chi connectivity index (χ0v) is 12.9. The van der Waals surface area contributed by atoms with Gasteiger partial charge >= 0.3 is 5.82 Å². The normalized spacial score (nSPS) is 11.4. The maximum absolute atomic E-state index is 11.2. The summed E-state index contributed by atoms with van der Waals surface area (Å²) in [6.07, 6.45) is 3.31. The highest BCUT2D eigenvalue weighted by Gasteiger charge is 2.23. The minimum Gasteiger partial charge on any atom is -0.361 e. The third-order valence-electron chi connectivity index (χ3n) is 3.22. The number of nitro groups is 1. The monoisotopic (exact) mass is 321 g/mol. The number of hydrogen-bond acceptors (Lipinski definition) is 7. The predicted molar refractivity (Wildman–Crippen MR) is 82.3 cm³/mol. The lowest BCUT2D eigenvalue weighted by Gasteiger charge is -2.09. The van der Waals surface area contributed by atoms with Crippen LogP contribution in [0.3, 0.4) is 0 Å². The highest BCUT2D eigenvalue weighted by Crippen LogP contribution is 2.27. The molecule has 3 heterocycles. The topological polar surface area (TPSA) is 103 Å². The van der Waals surface area contributed by atoms with Crippen LogP contribution in [0.15, 0.2) is 17.9 Å². The van der Waals surface area contributed by atoms with Crippen molar-refractivity contribution in [3.05, 3.63) is 33.8 Å². The summed E-state index contributed by atoms with van der Waals surface area (Å²) in [6, 6.07) is 0. The molecule has 3 aromatic heterocycles. The molecule has 0 aromatic carbocycles. The number of nitrogens with zero attached hydrogens (tertiary/aromatic N) is 6. The van der Waals surface area contributed by atoms with Gasteiger partial charge in [0, 0.05) is 24.4 Å². The molecule has 0 bridgehead atoms. The van der Waals surface area contributed by atoms with Gasteiger partial charge in [0.15, 0.2) is 0 Å². The largest absolute Gasteiger partial charge is 0.372 e. The zero-order chi connectivity index (χ0) is 15.7. The Morgan fingerprint density at radius 2 is 2.32 bits per heavy atom. The van der Waals surface area contributed by atoms with Crippen LogP contribution < -0.4 is 5.32 Å². The van der Waals surface area contributed by atoms with Gasteiger partial charge in [-0.2, -0.15) is 9.38 Å². The summed E-state index contributed by atoms with van der Waals surface area (Å²) in [5.41, 5.74) is 0. The summed E-state index contributed by atoms with van der Waals surface area (Å²) < 4.78 is 3.41. The van der Waals surface area contributed by atoms with Gasteiger partial charge in [0.05, 0.1) is 0 Å². The van der Waals surface area contributed by atoms with Crippen molar-refractivity contribution in [1.29, 1.82) is 0 Å². The van der Waals surface area contributed by atoms with Crippen LogP contribution in [0.2, 0.25) is 0 Å². The first-order chi connectivity index (χ1) is 10.6. The Morgan fingerprint density at radius 1 is 1.50 bits per heavy atom. The second kappa shape index (κ2) is 5.72. The van der Waals surface area contributed by atoms with Gasteiger partial charge in [-0.3, -0.25) is 0 Å². The van der Waals surface area contributed by atoms with Crippen molar-refractivity contribution in [2.45, 2.75) is 26.3 Å². The van der Waals surface area contributed by atoms with E-state index in [1.54, 1.807) is 17.9 Å². The van der Waals surface area contributed by atoms with Gasteiger partial charge in [-0.25, -0.2) is 0 Å². The van der Waals surface area contributed by atoms with Crippen molar-refractivity contribution < 1.29 is 4.92 Å². The first kappa shape index (κ1) is 14.4. The fourth-order valence-corrected chi connectivity index (χ4v) is 2.95. The number of imidazole rings is 1. The van der Waals surface area contributed by atoms with E-state index in [2.05, 4.69) is 20.5 Å². The van der Waals surface area contributed by atoms with Crippen LogP contribution >= 0.6 is 11.3 Å². The van der Waals surface area contributed by atoms with E-state index in [-0.39, 0.29) is 17.6 Å². The van der Waals surface area contributed by atoms with E-state index >= 15 is 0 Å². The van der Waals surface area contributed by atoms with Gasteiger partial charge in [-0.05, 0) is 4.92 Å². The Kier molecular flexibility index (Phi) is 3.75. The number of nitrogens with one attached hydrogen (secondary N) is 1. The Labute approximate surface area is 129 Å². The molecular formula is C12H15N7O2S. The van der Waals surface area contributed by atoms with Crippen LogP contribution in [-0.4, -0.2) is 35.6 Å². The molecule has 0 radical (unpaired) electrons. The van der Waals surface area contributed by atoms with E-state index in [0.717, 1.165) is 5.82 Å². The van der Waals surface area contributed by atoms with Crippen LogP contribution in [0, 0.1) is 10.1 Å². The van der Waals surface area contributed by atoms with E-state index in [0.29, 0.717) is 18.1 Å². The predicted octanol–water partition coefficient (Wildman–Crippen LogP) is 2.13. The standard InChI is InChI=1S/C12H15N7O2S/c1-8(2)10-16-14-7-17(10)4-3-13-9-11(19(20)21)18-5-6-22-12(18)15-9/h5-8,13H,3-4H2,1-2H3. The molecule has 0 fully saturated rings. The second-order valence-electron chi connectivity index (χ2n) is 5.06. The molecule has 1 N–H and O–H groups in total. The molecule has 0 amide bonds. The highest BCUT2D eigenvalue weighted by molar-refractivity contribution is 7.15. The maximum Gasteiger partial charge on any atom is 0.372 e. The van der Waals surface area contributed by atoms with Gasteiger partial charge in [0.1, 0.15) is 18.3 Å². The van der Waals surface area contributed by atoms with Crippen molar-refractivity contribution in [2.75, 3.05) is 11.9 Å². The number of thiazole rings is 1. The first-order valence-corrected chi connectivity index (χ1v) is 7.67. The molecule has 0 aliphatic rings. The number of aromatic nitrogens is 5. The fourth-order valence-electron chi connectivity index (χ4n) is 2.24. The number of anilines is 1. The number of rotatable bonds is 6. The summed E-state index contributed by atoms with van der Waals surface area (Å²) in [5.74, 6) is 1.41. The Morgan fingerprint density at radius 3 is 3.05 bits per heavy atom. The van der Waals surface area contributed by atoms with Gasteiger partial charge in [-0.15, -0.1) is 10.2 Å². The molecule has 116 valence electrons. The molecule has 22 heavy (non-hydrogen) atoms. The molecule has 0 aliphatic carbocycles. The SMILES string of the molecule is CC(C)c1nncn1CCNc1nc2sccn2c1[N+](=O)[O-]. The quantitative estimate of drug-likeness (QED) is 0.551. The maximum atomic E-state index is 11.2. The molecule has 9 nitrogen and oxygen atoms in total. The molecule has 0 saturated carbocycles. The molecular weight excluding hydrogens is 306 g/mol. The molecule has 10 heteroatoms. The van der Waals surface area contributed by atoms with Crippen LogP contribution in [0.4, 0.5) is 11.6 Å². The van der Waals surface area contributed by atoms with Crippen molar-refractivity contribution in [3.8, 4) is 0 Å². The van der Waals surface area contributed by atoms with E-state index in [1.165, 1.54) is 15.7 Å². The van der Waals surface area contributed by atoms with Gasteiger partial charge < -0.3 is 20.0 Å². The van der Waals surface area contributed by atoms with Crippen LogP contribution in [0.25, 0.3) is 4.96 Å². The van der Waals surface area contributed by atoms with Gasteiger partial charge in [0.2, 0.25) is 5.82 Å². The molecule has 0 spiro atoms. The van der Waals surface area contributed by atoms with Crippen LogP contribution in [0.5, 0.6) is 0 Å². The van der Waals surface area contributed by atoms with Gasteiger partial charge in [0.25, 0.3) is 4.96 Å². The van der Waals surface area contributed by atoms with Crippen molar-refractivity contribution in [3.63, 3.8) is 0 Å². The zero-order valence-electron chi connectivity index (χ0n) is 12.1. The molecule has 0 saturated heterocycles. The van der Waals surface area contributed by atoms with E-state index in [9.17, 15) is 10.1 Å². The molecule has 3 rings (SSSR count). The smallest absolute Gasteiger partial charge is 0.361 e. The molecule has 0 aliphatic heterocycles. The summed E-state index contributed by atoms with van der Waals surface area (Å²) >= 11 is 1.36. The average molecular weight is 321 g/mol.